The first-order chi connectivity index (χ1) is 9.45. The number of carbonyl (C=O) groups excluding carboxylic acids is 1. The molecule has 2 atom stereocenters. The van der Waals surface area contributed by atoms with Crippen LogP contribution >= 0.6 is 0 Å². The third-order valence-electron chi connectivity index (χ3n) is 3.61. The highest BCUT2D eigenvalue weighted by Crippen LogP contribution is 2.36. The second-order valence-corrected chi connectivity index (χ2v) is 4.88. The molecular weight excluding hydrogens is 267 g/mol. The molecule has 1 aromatic rings. The minimum atomic E-state index is -0.873. The molecule has 0 amide bonds. The van der Waals surface area contributed by atoms with E-state index in [-0.39, 0.29) is 30.0 Å². The van der Waals surface area contributed by atoms with E-state index in [2.05, 4.69) is 0 Å². The summed E-state index contributed by atoms with van der Waals surface area (Å²) in [5.74, 6) is -1.59. The van der Waals surface area contributed by atoms with Crippen LogP contribution in [0, 0.1) is 27.8 Å². The quantitative estimate of drug-likeness (QED) is 0.481. The number of hydrogen-bond acceptors (Lipinski definition) is 5. The first-order valence-electron chi connectivity index (χ1n) is 6.21. The van der Waals surface area contributed by atoms with Crippen LogP contribution in [-0.4, -0.2) is 31.1 Å². The van der Waals surface area contributed by atoms with Crippen LogP contribution < -0.4 is 4.90 Å². The molecule has 0 spiro atoms. The summed E-state index contributed by atoms with van der Waals surface area (Å²) in [5, 5.41) is 11.0. The molecule has 0 saturated carbocycles. The van der Waals surface area contributed by atoms with Crippen molar-refractivity contribution in [3.05, 3.63) is 34.1 Å². The Morgan fingerprint density at radius 1 is 1.50 bits per heavy atom. The van der Waals surface area contributed by atoms with Gasteiger partial charge in [0.15, 0.2) is 0 Å². The topological polar surface area (TPSA) is 72.7 Å². The summed E-state index contributed by atoms with van der Waals surface area (Å²) in [6.45, 7) is 2.61. The average molecular weight is 282 g/mol. The highest BCUT2D eigenvalue weighted by Gasteiger charge is 2.38. The Labute approximate surface area is 115 Å². The Hall–Kier alpha value is -2.18. The number of halogens is 1. The number of rotatable bonds is 3. The van der Waals surface area contributed by atoms with Gasteiger partial charge in [0.05, 0.1) is 18.0 Å². The summed E-state index contributed by atoms with van der Waals surface area (Å²) >= 11 is 0. The van der Waals surface area contributed by atoms with Gasteiger partial charge in [-0.15, -0.1) is 0 Å². The number of esters is 1. The molecule has 7 heteroatoms. The van der Waals surface area contributed by atoms with Crippen molar-refractivity contribution in [1.29, 1.82) is 0 Å². The number of benzene rings is 1. The van der Waals surface area contributed by atoms with Crippen molar-refractivity contribution in [3.63, 3.8) is 0 Å². The minimum Gasteiger partial charge on any atom is -0.469 e. The monoisotopic (exact) mass is 282 g/mol. The van der Waals surface area contributed by atoms with E-state index < -0.39 is 16.4 Å². The molecule has 1 aromatic carbocycles. The highest BCUT2D eigenvalue weighted by atomic mass is 19.1. The van der Waals surface area contributed by atoms with Crippen molar-refractivity contribution in [2.75, 3.05) is 25.1 Å². The molecule has 20 heavy (non-hydrogen) atoms. The number of methoxy groups -OCH3 is 1. The predicted molar refractivity (Wildman–Crippen MR) is 69.9 cm³/mol. The van der Waals surface area contributed by atoms with Crippen molar-refractivity contribution in [2.45, 2.75) is 6.92 Å². The molecule has 1 saturated heterocycles. The van der Waals surface area contributed by atoms with Gasteiger partial charge in [-0.25, -0.2) is 0 Å². The SMILES string of the molecule is COC(=O)C1CN(c2cccc(F)c2[N+](=O)[O-])CC1C. The van der Waals surface area contributed by atoms with Gasteiger partial charge in [0.1, 0.15) is 5.69 Å². The van der Waals surface area contributed by atoms with E-state index in [4.69, 9.17) is 4.74 Å². The van der Waals surface area contributed by atoms with E-state index >= 15 is 0 Å². The maximum Gasteiger partial charge on any atom is 0.327 e. The fourth-order valence-electron chi connectivity index (χ4n) is 2.56. The predicted octanol–water partition coefficient (Wildman–Crippen LogP) is 1.98. The van der Waals surface area contributed by atoms with Crippen molar-refractivity contribution in [3.8, 4) is 0 Å². The van der Waals surface area contributed by atoms with Crippen LogP contribution in [0.5, 0.6) is 0 Å². The van der Waals surface area contributed by atoms with Gasteiger partial charge in [-0.05, 0) is 18.1 Å². The van der Waals surface area contributed by atoms with Crippen LogP contribution in [0.1, 0.15) is 6.92 Å². The molecule has 0 bridgehead atoms. The van der Waals surface area contributed by atoms with Crippen molar-refractivity contribution >= 4 is 17.3 Å². The van der Waals surface area contributed by atoms with Crippen LogP contribution in [0.3, 0.4) is 0 Å². The average Bonchev–Trinajstić information content (AvgIpc) is 2.79. The Morgan fingerprint density at radius 2 is 2.20 bits per heavy atom. The van der Waals surface area contributed by atoms with Gasteiger partial charge in [-0.1, -0.05) is 13.0 Å². The molecule has 0 aromatic heterocycles. The standard InChI is InChI=1S/C13H15FN2O4/c1-8-6-15(7-9(8)13(17)20-2)11-5-3-4-10(14)12(11)16(18)19/h3-5,8-9H,6-7H2,1-2H3. The van der Waals surface area contributed by atoms with E-state index in [0.717, 1.165) is 6.07 Å². The Bertz CT molecular complexity index is 549. The fraction of sp³-hybridized carbons (Fsp3) is 0.462. The van der Waals surface area contributed by atoms with Crippen LogP contribution in [-0.2, 0) is 9.53 Å². The first kappa shape index (κ1) is 14.2. The zero-order valence-electron chi connectivity index (χ0n) is 11.2. The molecule has 1 heterocycles. The van der Waals surface area contributed by atoms with E-state index in [1.807, 2.05) is 6.92 Å². The Balaban J connectivity index is 2.33. The first-order valence-corrected chi connectivity index (χ1v) is 6.21. The number of carbonyl (C=O) groups is 1. The van der Waals surface area contributed by atoms with E-state index in [1.165, 1.54) is 19.2 Å². The van der Waals surface area contributed by atoms with Crippen molar-refractivity contribution < 1.29 is 18.8 Å². The molecule has 2 unspecified atom stereocenters. The van der Waals surface area contributed by atoms with Gasteiger partial charge in [-0.2, -0.15) is 4.39 Å². The summed E-state index contributed by atoms with van der Waals surface area (Å²) < 4.78 is 18.3. The fourth-order valence-corrected chi connectivity index (χ4v) is 2.56. The van der Waals surface area contributed by atoms with Gasteiger partial charge in [0.25, 0.3) is 0 Å². The largest absolute Gasteiger partial charge is 0.469 e. The maximum atomic E-state index is 13.6. The normalized spacial score (nSPS) is 21.9. The smallest absolute Gasteiger partial charge is 0.327 e. The third kappa shape index (κ3) is 2.43. The second kappa shape index (κ2) is 5.44. The molecule has 1 aliphatic heterocycles. The molecule has 0 radical (unpaired) electrons. The summed E-state index contributed by atoms with van der Waals surface area (Å²) in [5.41, 5.74) is -0.349. The number of ether oxygens (including phenoxy) is 1. The number of para-hydroxylation sites is 1. The number of nitro groups is 1. The maximum absolute atomic E-state index is 13.6. The third-order valence-corrected chi connectivity index (χ3v) is 3.61. The van der Waals surface area contributed by atoms with Gasteiger partial charge >= 0.3 is 11.7 Å². The van der Waals surface area contributed by atoms with Crippen LogP contribution in [0.4, 0.5) is 15.8 Å². The Morgan fingerprint density at radius 3 is 2.80 bits per heavy atom. The summed E-state index contributed by atoms with van der Waals surface area (Å²) in [6, 6.07) is 3.97. The van der Waals surface area contributed by atoms with Gasteiger partial charge < -0.3 is 9.64 Å². The van der Waals surface area contributed by atoms with Gasteiger partial charge in [-0.3, -0.25) is 14.9 Å². The number of hydrogen-bond donors (Lipinski definition) is 0. The molecule has 108 valence electrons. The molecule has 2 rings (SSSR count). The zero-order valence-corrected chi connectivity index (χ0v) is 11.2. The zero-order chi connectivity index (χ0) is 14.9. The number of nitrogens with zero attached hydrogens (tertiary/aromatic N) is 2. The molecule has 6 nitrogen and oxygen atoms in total. The summed E-state index contributed by atoms with van der Waals surface area (Å²) in [7, 11) is 1.31. The lowest BCUT2D eigenvalue weighted by molar-refractivity contribution is -0.386. The highest BCUT2D eigenvalue weighted by molar-refractivity contribution is 5.75. The second-order valence-electron chi connectivity index (χ2n) is 4.88. The molecule has 1 aliphatic rings. The Kier molecular flexibility index (Phi) is 3.87. The number of nitro benzene ring substituents is 1. The van der Waals surface area contributed by atoms with Crippen LogP contribution in [0.2, 0.25) is 0 Å². The van der Waals surface area contributed by atoms with Crippen LogP contribution in [0.25, 0.3) is 0 Å². The lowest BCUT2D eigenvalue weighted by atomic mass is 9.99. The van der Waals surface area contributed by atoms with Crippen LogP contribution in [0.15, 0.2) is 18.2 Å². The van der Waals surface area contributed by atoms with E-state index in [9.17, 15) is 19.3 Å². The van der Waals surface area contributed by atoms with E-state index in [1.54, 1.807) is 4.90 Å². The summed E-state index contributed by atoms with van der Waals surface area (Å²) in [4.78, 5) is 23.6. The lowest BCUT2D eigenvalue weighted by Crippen LogP contribution is -2.24. The van der Waals surface area contributed by atoms with Crippen molar-refractivity contribution in [1.82, 2.24) is 0 Å². The van der Waals surface area contributed by atoms with Crippen molar-refractivity contribution in [2.24, 2.45) is 11.8 Å². The van der Waals surface area contributed by atoms with Gasteiger partial charge in [0.2, 0.25) is 5.82 Å². The molecule has 0 aliphatic carbocycles. The molecule has 0 N–H and O–H groups in total. The summed E-state index contributed by atoms with van der Waals surface area (Å²) in [6.07, 6.45) is 0. The van der Waals surface area contributed by atoms with Gasteiger partial charge in [0, 0.05) is 13.1 Å². The molecular formula is C13H15FN2O4. The van der Waals surface area contributed by atoms with E-state index in [0.29, 0.717) is 6.54 Å². The minimum absolute atomic E-state index is 0.00896. The molecule has 1 fully saturated rings. The number of anilines is 1. The lowest BCUT2D eigenvalue weighted by Gasteiger charge is -2.18.